The van der Waals surface area contributed by atoms with Crippen LogP contribution >= 0.6 is 0 Å². The van der Waals surface area contributed by atoms with Crippen LogP contribution in [0.1, 0.15) is 42.6 Å². The van der Waals surface area contributed by atoms with E-state index in [1.165, 1.54) is 0 Å². The molecule has 7 heteroatoms. The molecule has 2 fully saturated rings. The third-order valence-corrected chi connectivity index (χ3v) is 5.64. The Morgan fingerprint density at radius 2 is 1.96 bits per heavy atom. The number of ether oxygens (including phenoxy) is 2. The first-order valence-electron chi connectivity index (χ1n) is 8.88. The molecule has 4 rings (SSSR count). The Bertz CT molecular complexity index is 613. The van der Waals surface area contributed by atoms with Crippen LogP contribution in [0.15, 0.2) is 6.33 Å². The second-order valence-corrected chi connectivity index (χ2v) is 7.28. The van der Waals surface area contributed by atoms with Gasteiger partial charge in [-0.2, -0.15) is 0 Å². The lowest BCUT2D eigenvalue weighted by molar-refractivity contribution is -0.182. The van der Waals surface area contributed by atoms with Gasteiger partial charge in [-0.3, -0.25) is 4.79 Å². The van der Waals surface area contributed by atoms with Gasteiger partial charge in [0.1, 0.15) is 0 Å². The molecule has 0 radical (unpaired) electrons. The van der Waals surface area contributed by atoms with Crippen LogP contribution < -0.4 is 4.90 Å². The fourth-order valence-corrected chi connectivity index (χ4v) is 4.18. The van der Waals surface area contributed by atoms with Crippen molar-refractivity contribution in [3.05, 3.63) is 12.0 Å². The van der Waals surface area contributed by atoms with Gasteiger partial charge >= 0.3 is 0 Å². The van der Waals surface area contributed by atoms with Crippen LogP contribution in [0.3, 0.4) is 0 Å². The number of fused-ring (bicyclic) bond motifs is 1. The van der Waals surface area contributed by atoms with Gasteiger partial charge in [0.05, 0.1) is 26.2 Å². The largest absolute Gasteiger partial charge is 0.348 e. The topological polar surface area (TPSA) is 59.8 Å². The average Bonchev–Trinajstić information content (AvgIpc) is 3.19. The zero-order chi connectivity index (χ0) is 16.7. The third-order valence-electron chi connectivity index (χ3n) is 5.64. The minimum atomic E-state index is -0.290. The molecule has 0 unspecified atom stereocenters. The van der Waals surface area contributed by atoms with Gasteiger partial charge in [0, 0.05) is 33.5 Å². The zero-order valence-electron chi connectivity index (χ0n) is 14.5. The summed E-state index contributed by atoms with van der Waals surface area (Å²) in [7, 11) is 3.87. The number of aryl methyl sites for hydroxylation is 1. The zero-order valence-corrected chi connectivity index (χ0v) is 14.5. The van der Waals surface area contributed by atoms with Crippen molar-refractivity contribution in [2.45, 2.75) is 37.9 Å². The van der Waals surface area contributed by atoms with Crippen LogP contribution in [-0.2, 0) is 16.5 Å². The summed E-state index contributed by atoms with van der Waals surface area (Å²) in [6.07, 6.45) is 6.96. The first-order valence-corrected chi connectivity index (χ1v) is 8.88. The molecule has 7 nitrogen and oxygen atoms in total. The van der Waals surface area contributed by atoms with Gasteiger partial charge in [0.25, 0.3) is 5.91 Å². The fourth-order valence-electron chi connectivity index (χ4n) is 4.18. The van der Waals surface area contributed by atoms with Gasteiger partial charge in [0.2, 0.25) is 0 Å². The molecule has 3 aliphatic rings. The van der Waals surface area contributed by atoms with Crippen molar-refractivity contribution in [3.63, 3.8) is 0 Å². The van der Waals surface area contributed by atoms with E-state index >= 15 is 0 Å². The standard InChI is InChI=1S/C17H26N4O3/c1-19-11-18-15-14(19)16(22)21(12-20(15)2)8-5-13-3-6-17(7-4-13)23-9-10-24-17/h11,13H,3-10,12H2,1-2H3. The molecule has 0 atom stereocenters. The van der Waals surface area contributed by atoms with Crippen LogP contribution in [0.2, 0.25) is 0 Å². The van der Waals surface area contributed by atoms with E-state index in [2.05, 4.69) is 4.98 Å². The lowest BCUT2D eigenvalue weighted by Crippen LogP contribution is -2.46. The maximum absolute atomic E-state index is 12.7. The second-order valence-electron chi connectivity index (χ2n) is 7.28. The predicted octanol–water partition coefficient (Wildman–Crippen LogP) is 1.59. The molecule has 2 aliphatic heterocycles. The summed E-state index contributed by atoms with van der Waals surface area (Å²) in [5.74, 6) is 1.24. The van der Waals surface area contributed by atoms with Crippen molar-refractivity contribution in [1.29, 1.82) is 0 Å². The van der Waals surface area contributed by atoms with Gasteiger partial charge in [-0.1, -0.05) is 0 Å². The average molecular weight is 334 g/mol. The molecular formula is C17H26N4O3. The Labute approximate surface area is 142 Å². The van der Waals surface area contributed by atoms with Crippen molar-refractivity contribution in [3.8, 4) is 0 Å². The van der Waals surface area contributed by atoms with Crippen LogP contribution in [0, 0.1) is 5.92 Å². The summed E-state index contributed by atoms with van der Waals surface area (Å²) < 4.78 is 13.4. The molecule has 0 N–H and O–H groups in total. The van der Waals surface area contributed by atoms with E-state index in [4.69, 9.17) is 9.47 Å². The van der Waals surface area contributed by atoms with Crippen molar-refractivity contribution in [2.24, 2.45) is 13.0 Å². The molecule has 1 aromatic heterocycles. The Balaban J connectivity index is 1.34. The minimum Gasteiger partial charge on any atom is -0.348 e. The maximum Gasteiger partial charge on any atom is 0.275 e. The third kappa shape index (κ3) is 2.69. The number of carbonyl (C=O) groups excluding carboxylic acids is 1. The predicted molar refractivity (Wildman–Crippen MR) is 88.7 cm³/mol. The number of imidazole rings is 1. The summed E-state index contributed by atoms with van der Waals surface area (Å²) in [5.41, 5.74) is 0.694. The Kier molecular flexibility index (Phi) is 4.00. The molecule has 0 aromatic carbocycles. The summed E-state index contributed by atoms with van der Waals surface area (Å²) in [6, 6.07) is 0. The van der Waals surface area contributed by atoms with Crippen molar-refractivity contribution in [2.75, 3.05) is 38.4 Å². The van der Waals surface area contributed by atoms with Gasteiger partial charge in [0.15, 0.2) is 17.3 Å². The molecular weight excluding hydrogens is 308 g/mol. The number of hydrogen-bond donors (Lipinski definition) is 0. The number of rotatable bonds is 3. The highest BCUT2D eigenvalue weighted by Crippen LogP contribution is 2.39. The second kappa shape index (κ2) is 6.04. The first kappa shape index (κ1) is 15.9. The lowest BCUT2D eigenvalue weighted by Gasteiger charge is -2.37. The number of carbonyl (C=O) groups is 1. The SMILES string of the molecule is CN1CN(CCC2CCC3(CC2)OCCO3)C(=O)c2c1ncn2C. The normalized spacial score (nSPS) is 24.0. The highest BCUT2D eigenvalue weighted by molar-refractivity contribution is 5.99. The maximum atomic E-state index is 12.7. The Morgan fingerprint density at radius 1 is 1.25 bits per heavy atom. The highest BCUT2D eigenvalue weighted by Gasteiger charge is 2.40. The lowest BCUT2D eigenvalue weighted by atomic mass is 9.83. The van der Waals surface area contributed by atoms with E-state index in [9.17, 15) is 4.79 Å². The van der Waals surface area contributed by atoms with Crippen LogP contribution in [0.4, 0.5) is 5.82 Å². The molecule has 1 spiro atoms. The number of nitrogens with zero attached hydrogens (tertiary/aromatic N) is 4. The Hall–Kier alpha value is -1.60. The first-order chi connectivity index (χ1) is 11.6. The Morgan fingerprint density at radius 3 is 2.67 bits per heavy atom. The van der Waals surface area contributed by atoms with E-state index < -0.39 is 0 Å². The van der Waals surface area contributed by atoms with E-state index in [-0.39, 0.29) is 11.7 Å². The summed E-state index contributed by atoms with van der Waals surface area (Å²) in [4.78, 5) is 21.0. The molecule has 132 valence electrons. The fraction of sp³-hybridized carbons (Fsp3) is 0.765. The molecule has 1 saturated carbocycles. The smallest absolute Gasteiger partial charge is 0.275 e. The van der Waals surface area contributed by atoms with Crippen LogP contribution in [-0.4, -0.2) is 59.6 Å². The van der Waals surface area contributed by atoms with Gasteiger partial charge in [-0.05, 0) is 25.2 Å². The van der Waals surface area contributed by atoms with Crippen molar-refractivity contribution >= 4 is 11.7 Å². The monoisotopic (exact) mass is 334 g/mol. The summed E-state index contributed by atoms with van der Waals surface area (Å²) in [6.45, 7) is 2.87. The number of amides is 1. The van der Waals surface area contributed by atoms with E-state index in [1.54, 1.807) is 6.33 Å². The summed E-state index contributed by atoms with van der Waals surface area (Å²) in [5, 5.41) is 0. The van der Waals surface area contributed by atoms with Gasteiger partial charge in [-0.15, -0.1) is 0 Å². The van der Waals surface area contributed by atoms with Crippen LogP contribution in [0.25, 0.3) is 0 Å². The minimum absolute atomic E-state index is 0.0952. The van der Waals surface area contributed by atoms with Crippen molar-refractivity contribution < 1.29 is 14.3 Å². The molecule has 1 aliphatic carbocycles. The van der Waals surface area contributed by atoms with E-state index in [0.717, 1.165) is 57.7 Å². The highest BCUT2D eigenvalue weighted by atomic mass is 16.7. The molecule has 1 amide bonds. The number of anilines is 1. The van der Waals surface area contributed by atoms with E-state index in [1.807, 2.05) is 28.5 Å². The van der Waals surface area contributed by atoms with Crippen LogP contribution in [0.5, 0.6) is 0 Å². The van der Waals surface area contributed by atoms with Crippen molar-refractivity contribution in [1.82, 2.24) is 14.5 Å². The number of aromatic nitrogens is 2. The summed E-state index contributed by atoms with van der Waals surface area (Å²) >= 11 is 0. The van der Waals surface area contributed by atoms with E-state index in [0.29, 0.717) is 18.3 Å². The number of hydrogen-bond acceptors (Lipinski definition) is 5. The molecule has 24 heavy (non-hydrogen) atoms. The quantitative estimate of drug-likeness (QED) is 0.840. The molecule has 3 heterocycles. The van der Waals surface area contributed by atoms with Gasteiger partial charge in [-0.25, -0.2) is 4.98 Å². The molecule has 1 aromatic rings. The molecule has 1 saturated heterocycles. The molecule has 0 bridgehead atoms. The van der Waals surface area contributed by atoms with Gasteiger partial charge < -0.3 is 23.8 Å².